The van der Waals surface area contributed by atoms with Crippen LogP contribution in [0.3, 0.4) is 0 Å². The molecule has 1 amide bonds. The van der Waals surface area contributed by atoms with E-state index in [1.54, 1.807) is 7.11 Å². The maximum Gasteiger partial charge on any atom is 0.336 e. The topological polar surface area (TPSA) is 89.1 Å². The molecule has 0 spiro atoms. The van der Waals surface area contributed by atoms with Crippen molar-refractivity contribution in [2.45, 2.75) is 25.9 Å². The summed E-state index contributed by atoms with van der Waals surface area (Å²) in [6, 6.07) is 0.195. The van der Waals surface area contributed by atoms with Gasteiger partial charge in [0.2, 0.25) is 11.9 Å². The lowest BCUT2D eigenvalue weighted by molar-refractivity contribution is -0.116. The minimum Gasteiger partial charge on any atom is -0.466 e. The van der Waals surface area contributed by atoms with Gasteiger partial charge in [0.15, 0.2) is 0 Å². The first-order valence-corrected chi connectivity index (χ1v) is 4.94. The van der Waals surface area contributed by atoms with Crippen LogP contribution in [-0.2, 0) is 9.53 Å². The molecule has 0 bridgehead atoms. The lowest BCUT2D eigenvalue weighted by Gasteiger charge is -2.07. The van der Waals surface area contributed by atoms with Crippen LogP contribution in [0.1, 0.15) is 19.8 Å². The third-order valence-electron chi connectivity index (χ3n) is 2.09. The lowest BCUT2D eigenvalue weighted by atomic mass is 10.2. The van der Waals surface area contributed by atoms with Crippen molar-refractivity contribution < 1.29 is 14.3 Å². The van der Waals surface area contributed by atoms with Crippen LogP contribution in [0.25, 0.3) is 0 Å². The average Bonchev–Trinajstić information content (AvgIpc) is 2.73. The van der Waals surface area contributed by atoms with Crippen LogP contribution in [0.5, 0.6) is 6.01 Å². The van der Waals surface area contributed by atoms with Crippen LogP contribution in [0.4, 0.5) is 5.95 Å². The van der Waals surface area contributed by atoms with Gasteiger partial charge in [-0.2, -0.15) is 4.98 Å². The molecule has 0 aliphatic heterocycles. The molecule has 1 atom stereocenters. The van der Waals surface area contributed by atoms with Gasteiger partial charge in [0.05, 0.1) is 13.2 Å². The molecule has 0 aliphatic rings. The Hall–Kier alpha value is -1.63. The number of rotatable bonds is 6. The van der Waals surface area contributed by atoms with Crippen molar-refractivity contribution in [3.8, 4) is 6.01 Å². The Bertz CT molecular complexity index is 339. The molecule has 1 rings (SSSR count). The van der Waals surface area contributed by atoms with Crippen molar-refractivity contribution in [2.24, 2.45) is 0 Å². The summed E-state index contributed by atoms with van der Waals surface area (Å²) >= 11 is 0. The highest BCUT2D eigenvalue weighted by atomic mass is 16.5. The number of ether oxygens (including phenoxy) is 2. The van der Waals surface area contributed by atoms with Gasteiger partial charge in [-0.25, -0.2) is 5.10 Å². The SMILES string of the molecule is COc1n[nH]c(NC(=O)CCC(C)OC)n1. The molecule has 0 saturated heterocycles. The smallest absolute Gasteiger partial charge is 0.336 e. The number of carbonyl (C=O) groups is 1. The van der Waals surface area contributed by atoms with Crippen molar-refractivity contribution in [2.75, 3.05) is 19.5 Å². The van der Waals surface area contributed by atoms with Gasteiger partial charge in [0.25, 0.3) is 0 Å². The van der Waals surface area contributed by atoms with Crippen LogP contribution in [0, 0.1) is 0 Å². The number of H-pyrrole nitrogens is 1. The fourth-order valence-corrected chi connectivity index (χ4v) is 1.04. The number of amides is 1. The highest BCUT2D eigenvalue weighted by Gasteiger charge is 2.09. The number of anilines is 1. The van der Waals surface area contributed by atoms with Crippen molar-refractivity contribution >= 4 is 11.9 Å². The summed E-state index contributed by atoms with van der Waals surface area (Å²) in [5, 5.41) is 8.81. The van der Waals surface area contributed by atoms with E-state index in [9.17, 15) is 4.79 Å². The Balaban J connectivity index is 2.33. The molecule has 2 N–H and O–H groups in total. The van der Waals surface area contributed by atoms with E-state index < -0.39 is 0 Å². The largest absolute Gasteiger partial charge is 0.466 e. The maximum absolute atomic E-state index is 11.4. The molecule has 1 unspecified atom stereocenters. The molecule has 0 fully saturated rings. The average molecular weight is 228 g/mol. The van der Waals surface area contributed by atoms with E-state index in [1.165, 1.54) is 7.11 Å². The van der Waals surface area contributed by atoms with Crippen LogP contribution < -0.4 is 10.1 Å². The van der Waals surface area contributed by atoms with E-state index in [0.717, 1.165) is 0 Å². The molecule has 1 aromatic rings. The molecular weight excluding hydrogens is 212 g/mol. The summed E-state index contributed by atoms with van der Waals surface area (Å²) in [6.07, 6.45) is 1.10. The maximum atomic E-state index is 11.4. The summed E-state index contributed by atoms with van der Waals surface area (Å²) in [6.45, 7) is 1.91. The Labute approximate surface area is 93.5 Å². The molecule has 0 saturated carbocycles. The summed E-state index contributed by atoms with van der Waals surface area (Å²) in [7, 11) is 3.07. The van der Waals surface area contributed by atoms with Gasteiger partial charge in [-0.3, -0.25) is 10.1 Å². The van der Waals surface area contributed by atoms with Crippen molar-refractivity contribution in [1.29, 1.82) is 0 Å². The zero-order valence-corrected chi connectivity index (χ0v) is 9.61. The first-order valence-electron chi connectivity index (χ1n) is 4.94. The molecular formula is C9H16N4O3. The van der Waals surface area contributed by atoms with Crippen LogP contribution in [0.2, 0.25) is 0 Å². The minimum atomic E-state index is -0.136. The van der Waals surface area contributed by atoms with Gasteiger partial charge in [-0.1, -0.05) is 0 Å². The zero-order valence-electron chi connectivity index (χ0n) is 9.61. The summed E-state index contributed by atoms with van der Waals surface area (Å²) < 4.78 is 9.80. The van der Waals surface area contributed by atoms with E-state index in [2.05, 4.69) is 20.5 Å². The second kappa shape index (κ2) is 6.06. The Morgan fingerprint density at radius 3 is 2.88 bits per heavy atom. The lowest BCUT2D eigenvalue weighted by Crippen LogP contribution is -2.15. The number of aromatic amines is 1. The van der Waals surface area contributed by atoms with Gasteiger partial charge in [0.1, 0.15) is 0 Å². The number of hydrogen-bond donors (Lipinski definition) is 2. The van der Waals surface area contributed by atoms with Crippen LogP contribution >= 0.6 is 0 Å². The van der Waals surface area contributed by atoms with E-state index in [0.29, 0.717) is 12.8 Å². The molecule has 7 heteroatoms. The predicted octanol–water partition coefficient (Wildman–Crippen LogP) is 0.567. The highest BCUT2D eigenvalue weighted by Crippen LogP contribution is 2.06. The quantitative estimate of drug-likeness (QED) is 0.742. The summed E-state index contributed by atoms with van der Waals surface area (Å²) in [5.41, 5.74) is 0. The summed E-state index contributed by atoms with van der Waals surface area (Å²) in [4.78, 5) is 15.3. The number of aromatic nitrogens is 3. The predicted molar refractivity (Wildman–Crippen MR) is 57.3 cm³/mol. The third kappa shape index (κ3) is 3.85. The molecule has 7 nitrogen and oxygen atoms in total. The Morgan fingerprint density at radius 1 is 1.56 bits per heavy atom. The number of nitrogens with zero attached hydrogens (tertiary/aromatic N) is 2. The number of hydrogen-bond acceptors (Lipinski definition) is 5. The standard InChI is InChI=1S/C9H16N4O3/c1-6(15-2)4-5-7(14)10-8-11-9(16-3)13-12-8/h6H,4-5H2,1-3H3,(H2,10,11,12,13,14). The zero-order chi connectivity index (χ0) is 12.0. The van der Waals surface area contributed by atoms with Crippen molar-refractivity contribution in [3.05, 3.63) is 0 Å². The molecule has 0 aliphatic carbocycles. The Kier molecular flexibility index (Phi) is 4.71. The van der Waals surface area contributed by atoms with Gasteiger partial charge >= 0.3 is 6.01 Å². The number of nitrogens with one attached hydrogen (secondary N) is 2. The molecule has 0 aromatic carbocycles. The first-order chi connectivity index (χ1) is 7.65. The van der Waals surface area contributed by atoms with E-state index in [-0.39, 0.29) is 24.0 Å². The monoisotopic (exact) mass is 228 g/mol. The van der Waals surface area contributed by atoms with E-state index >= 15 is 0 Å². The fourth-order valence-electron chi connectivity index (χ4n) is 1.04. The molecule has 16 heavy (non-hydrogen) atoms. The van der Waals surface area contributed by atoms with Crippen LogP contribution in [-0.4, -0.2) is 41.4 Å². The molecule has 90 valence electrons. The van der Waals surface area contributed by atoms with Gasteiger partial charge in [-0.05, 0) is 13.3 Å². The highest BCUT2D eigenvalue weighted by molar-refractivity contribution is 5.88. The second-order valence-corrected chi connectivity index (χ2v) is 3.30. The van der Waals surface area contributed by atoms with Crippen molar-refractivity contribution in [1.82, 2.24) is 15.2 Å². The number of methoxy groups -OCH3 is 2. The van der Waals surface area contributed by atoms with Gasteiger partial charge in [-0.15, -0.1) is 5.10 Å². The molecule has 1 heterocycles. The normalized spacial score (nSPS) is 12.2. The number of carbonyl (C=O) groups excluding carboxylic acids is 1. The van der Waals surface area contributed by atoms with Gasteiger partial charge < -0.3 is 9.47 Å². The first kappa shape index (κ1) is 12.4. The Morgan fingerprint density at radius 2 is 2.31 bits per heavy atom. The minimum absolute atomic E-state index is 0.0648. The summed E-state index contributed by atoms with van der Waals surface area (Å²) in [5.74, 6) is 0.148. The molecule has 1 aromatic heterocycles. The molecule has 0 radical (unpaired) electrons. The van der Waals surface area contributed by atoms with Crippen molar-refractivity contribution in [3.63, 3.8) is 0 Å². The van der Waals surface area contributed by atoms with E-state index in [4.69, 9.17) is 9.47 Å². The van der Waals surface area contributed by atoms with Gasteiger partial charge in [0, 0.05) is 13.5 Å². The second-order valence-electron chi connectivity index (χ2n) is 3.30. The fraction of sp³-hybridized carbons (Fsp3) is 0.667. The third-order valence-corrected chi connectivity index (χ3v) is 2.09. The van der Waals surface area contributed by atoms with E-state index in [1.807, 2.05) is 6.92 Å². The van der Waals surface area contributed by atoms with Crippen LogP contribution in [0.15, 0.2) is 0 Å².